The van der Waals surface area contributed by atoms with Gasteiger partial charge in [0, 0.05) is 42.5 Å². The summed E-state index contributed by atoms with van der Waals surface area (Å²) in [5, 5.41) is 1.23. The Balaban J connectivity index is 1.75. The van der Waals surface area contributed by atoms with Gasteiger partial charge < -0.3 is 5.73 Å². The minimum atomic E-state index is 0.616. The number of hydrogen-bond acceptors (Lipinski definition) is 4. The van der Waals surface area contributed by atoms with Crippen molar-refractivity contribution >= 4 is 17.0 Å². The zero-order valence-corrected chi connectivity index (χ0v) is 12.9. The van der Waals surface area contributed by atoms with Crippen LogP contribution in [0.15, 0.2) is 24.3 Å². The molecule has 0 spiro atoms. The maximum Gasteiger partial charge on any atom is 0.0975 e. The van der Waals surface area contributed by atoms with E-state index < -0.39 is 0 Å². The van der Waals surface area contributed by atoms with Gasteiger partial charge >= 0.3 is 0 Å². The molecule has 2 N–H and O–H groups in total. The van der Waals surface area contributed by atoms with Crippen molar-refractivity contribution in [3.05, 3.63) is 45.4 Å². The molecule has 3 nitrogen and oxygen atoms in total. The maximum absolute atomic E-state index is 5.72. The average molecular weight is 287 g/mol. The molecule has 1 aromatic heterocycles. The summed E-state index contributed by atoms with van der Waals surface area (Å²) in [6.45, 7) is 6.73. The van der Waals surface area contributed by atoms with E-state index in [4.69, 9.17) is 10.7 Å². The molecule has 0 fully saturated rings. The molecule has 2 heterocycles. The van der Waals surface area contributed by atoms with E-state index >= 15 is 0 Å². The molecule has 4 heteroatoms. The molecular formula is C16H21N3S. The van der Waals surface area contributed by atoms with E-state index in [9.17, 15) is 0 Å². The molecule has 0 amide bonds. The van der Waals surface area contributed by atoms with E-state index in [0.717, 1.165) is 31.6 Å². The monoisotopic (exact) mass is 287 g/mol. The lowest BCUT2D eigenvalue weighted by atomic mass is 10.1. The Hall–Kier alpha value is -1.39. The van der Waals surface area contributed by atoms with Crippen LogP contribution in [0.3, 0.4) is 0 Å². The van der Waals surface area contributed by atoms with Crippen LogP contribution in [0.2, 0.25) is 0 Å². The number of aromatic nitrogens is 1. The fourth-order valence-electron chi connectivity index (χ4n) is 2.60. The highest BCUT2D eigenvalue weighted by atomic mass is 32.1. The zero-order chi connectivity index (χ0) is 14.1. The minimum Gasteiger partial charge on any atom is -0.399 e. The molecule has 1 aromatic carbocycles. The molecule has 0 atom stereocenters. The molecule has 2 aromatic rings. The summed E-state index contributed by atoms with van der Waals surface area (Å²) in [6.07, 6.45) is 2.01. The van der Waals surface area contributed by atoms with Crippen LogP contribution in [-0.4, -0.2) is 22.5 Å². The summed E-state index contributed by atoms with van der Waals surface area (Å²) >= 11 is 1.87. The maximum atomic E-state index is 5.72. The third-order valence-electron chi connectivity index (χ3n) is 3.87. The van der Waals surface area contributed by atoms with Crippen LogP contribution in [0.4, 0.5) is 5.69 Å². The highest BCUT2D eigenvalue weighted by Crippen LogP contribution is 2.27. The van der Waals surface area contributed by atoms with Crippen molar-refractivity contribution in [2.45, 2.75) is 39.3 Å². The van der Waals surface area contributed by atoms with Crippen LogP contribution in [-0.2, 0) is 19.4 Å². The second-order valence-corrected chi connectivity index (χ2v) is 6.88. The Bertz CT molecular complexity index is 586. The van der Waals surface area contributed by atoms with Gasteiger partial charge in [0.05, 0.1) is 10.7 Å². The second-order valence-electron chi connectivity index (χ2n) is 5.71. The molecule has 0 saturated heterocycles. The Labute approximate surface area is 124 Å². The second kappa shape index (κ2) is 5.54. The highest BCUT2D eigenvalue weighted by Gasteiger charge is 2.22. The molecule has 106 valence electrons. The van der Waals surface area contributed by atoms with Crippen molar-refractivity contribution in [3.8, 4) is 0 Å². The van der Waals surface area contributed by atoms with E-state index in [2.05, 4.69) is 30.9 Å². The molecule has 1 aliphatic heterocycles. The molecule has 0 radical (unpaired) electrons. The van der Waals surface area contributed by atoms with Crippen LogP contribution in [0.5, 0.6) is 0 Å². The standard InChI is InChI=1S/C16H21N3S/c1-11(2)19-8-7-14-15(10-19)20-16(18-14)9-12-3-5-13(17)6-4-12/h3-6,11H,7-10,17H2,1-2H3. The smallest absolute Gasteiger partial charge is 0.0975 e. The summed E-state index contributed by atoms with van der Waals surface area (Å²) in [7, 11) is 0. The third kappa shape index (κ3) is 2.86. The minimum absolute atomic E-state index is 0.616. The molecule has 3 rings (SSSR count). The van der Waals surface area contributed by atoms with E-state index in [-0.39, 0.29) is 0 Å². The first-order valence-electron chi connectivity index (χ1n) is 7.18. The topological polar surface area (TPSA) is 42.2 Å². The number of hydrogen-bond donors (Lipinski definition) is 1. The van der Waals surface area contributed by atoms with Crippen molar-refractivity contribution in [2.75, 3.05) is 12.3 Å². The predicted molar refractivity (Wildman–Crippen MR) is 85.0 cm³/mol. The van der Waals surface area contributed by atoms with E-state index in [1.54, 1.807) is 0 Å². The van der Waals surface area contributed by atoms with Gasteiger partial charge in [-0.25, -0.2) is 4.98 Å². The Morgan fingerprint density at radius 1 is 1.30 bits per heavy atom. The van der Waals surface area contributed by atoms with Gasteiger partial charge in [-0.1, -0.05) is 12.1 Å². The Morgan fingerprint density at radius 2 is 2.05 bits per heavy atom. The normalized spacial score (nSPS) is 15.6. The molecule has 1 aliphatic rings. The average Bonchev–Trinajstić information content (AvgIpc) is 2.82. The Kier molecular flexibility index (Phi) is 3.76. The van der Waals surface area contributed by atoms with Crippen LogP contribution in [0, 0.1) is 0 Å². The number of benzene rings is 1. The first-order chi connectivity index (χ1) is 9.61. The number of rotatable bonds is 3. The Morgan fingerprint density at radius 3 is 2.75 bits per heavy atom. The number of fused-ring (bicyclic) bond motifs is 1. The quantitative estimate of drug-likeness (QED) is 0.882. The first-order valence-corrected chi connectivity index (χ1v) is 7.99. The van der Waals surface area contributed by atoms with Gasteiger partial charge in [0.1, 0.15) is 0 Å². The van der Waals surface area contributed by atoms with Crippen LogP contribution in [0.25, 0.3) is 0 Å². The van der Waals surface area contributed by atoms with Gasteiger partial charge in [0.2, 0.25) is 0 Å². The predicted octanol–water partition coefficient (Wildman–Crippen LogP) is 3.08. The van der Waals surface area contributed by atoms with Crippen molar-refractivity contribution in [3.63, 3.8) is 0 Å². The van der Waals surface area contributed by atoms with E-state index in [0.29, 0.717) is 6.04 Å². The van der Waals surface area contributed by atoms with Crippen molar-refractivity contribution in [1.82, 2.24) is 9.88 Å². The summed E-state index contributed by atoms with van der Waals surface area (Å²) in [6, 6.07) is 8.73. The van der Waals surface area contributed by atoms with Gasteiger partial charge in [-0.15, -0.1) is 11.3 Å². The van der Waals surface area contributed by atoms with Crippen LogP contribution < -0.4 is 5.73 Å². The molecule has 20 heavy (non-hydrogen) atoms. The van der Waals surface area contributed by atoms with E-state index in [1.165, 1.54) is 21.1 Å². The van der Waals surface area contributed by atoms with Crippen LogP contribution in [0.1, 0.15) is 35.0 Å². The summed E-state index contributed by atoms with van der Waals surface area (Å²) in [5.74, 6) is 0. The number of nitrogens with zero attached hydrogens (tertiary/aromatic N) is 2. The molecule has 0 unspecified atom stereocenters. The van der Waals surface area contributed by atoms with Gasteiger partial charge in [-0.2, -0.15) is 0 Å². The van der Waals surface area contributed by atoms with Crippen LogP contribution >= 0.6 is 11.3 Å². The lowest BCUT2D eigenvalue weighted by Crippen LogP contribution is -2.35. The number of nitrogen functional groups attached to an aromatic ring is 1. The molecular weight excluding hydrogens is 266 g/mol. The van der Waals surface area contributed by atoms with Gasteiger partial charge in [-0.3, -0.25) is 4.90 Å². The van der Waals surface area contributed by atoms with Gasteiger partial charge in [0.25, 0.3) is 0 Å². The highest BCUT2D eigenvalue weighted by molar-refractivity contribution is 7.11. The molecule has 0 bridgehead atoms. The summed E-state index contributed by atoms with van der Waals surface area (Å²) in [5.41, 5.74) is 9.14. The van der Waals surface area contributed by atoms with Crippen molar-refractivity contribution < 1.29 is 0 Å². The molecule has 0 saturated carbocycles. The first kappa shape index (κ1) is 13.6. The zero-order valence-electron chi connectivity index (χ0n) is 12.1. The fraction of sp³-hybridized carbons (Fsp3) is 0.438. The summed E-state index contributed by atoms with van der Waals surface area (Å²) in [4.78, 5) is 8.80. The van der Waals surface area contributed by atoms with Crippen molar-refractivity contribution in [1.29, 1.82) is 0 Å². The third-order valence-corrected chi connectivity index (χ3v) is 4.95. The number of anilines is 1. The lowest BCUT2D eigenvalue weighted by molar-refractivity contribution is 0.205. The van der Waals surface area contributed by atoms with Crippen molar-refractivity contribution in [2.24, 2.45) is 0 Å². The van der Waals surface area contributed by atoms with E-state index in [1.807, 2.05) is 23.5 Å². The van der Waals surface area contributed by atoms with Gasteiger partial charge in [-0.05, 0) is 31.5 Å². The largest absolute Gasteiger partial charge is 0.399 e. The molecule has 0 aliphatic carbocycles. The van der Waals surface area contributed by atoms with Gasteiger partial charge in [0.15, 0.2) is 0 Å². The summed E-state index contributed by atoms with van der Waals surface area (Å²) < 4.78 is 0. The fourth-order valence-corrected chi connectivity index (χ4v) is 3.77. The SMILES string of the molecule is CC(C)N1CCc2nc(Cc3ccc(N)cc3)sc2C1. The number of nitrogens with two attached hydrogens (primary N) is 1. The number of thiazole rings is 1. The lowest BCUT2D eigenvalue weighted by Gasteiger charge is -2.29.